The molecule has 0 bridgehead atoms. The van der Waals surface area contributed by atoms with Crippen LogP contribution in [0.5, 0.6) is 0 Å². The van der Waals surface area contributed by atoms with Crippen molar-refractivity contribution in [1.82, 2.24) is 9.88 Å². The minimum atomic E-state index is -0.289. The topological polar surface area (TPSA) is 82.6 Å². The van der Waals surface area contributed by atoms with E-state index in [1.165, 1.54) is 17.7 Å². The van der Waals surface area contributed by atoms with Crippen molar-refractivity contribution in [2.75, 3.05) is 29.9 Å². The Morgan fingerprint density at radius 3 is 2.29 bits per heavy atom. The lowest BCUT2D eigenvalue weighted by Gasteiger charge is -2.16. The summed E-state index contributed by atoms with van der Waals surface area (Å²) in [4.78, 5) is 44.6. The summed E-state index contributed by atoms with van der Waals surface area (Å²) < 4.78 is 0. The summed E-state index contributed by atoms with van der Waals surface area (Å²) in [6.07, 6.45) is 4.67. The molecule has 0 saturated carbocycles. The lowest BCUT2D eigenvalue weighted by atomic mass is 10.1. The van der Waals surface area contributed by atoms with Crippen LogP contribution in [0, 0.1) is 0 Å². The number of fused-ring (bicyclic) bond motifs is 1. The largest absolute Gasteiger partial charge is 0.357 e. The van der Waals surface area contributed by atoms with Gasteiger partial charge < -0.3 is 10.2 Å². The van der Waals surface area contributed by atoms with Gasteiger partial charge in [-0.05, 0) is 43.5 Å². The van der Waals surface area contributed by atoms with Gasteiger partial charge in [-0.15, -0.1) is 0 Å². The van der Waals surface area contributed by atoms with Gasteiger partial charge in [-0.25, -0.2) is 4.98 Å². The molecule has 2 aromatic rings. The summed E-state index contributed by atoms with van der Waals surface area (Å²) in [5.41, 5.74) is 1.51. The zero-order valence-corrected chi connectivity index (χ0v) is 15.6. The summed E-state index contributed by atoms with van der Waals surface area (Å²) in [7, 11) is 0. The van der Waals surface area contributed by atoms with Crippen molar-refractivity contribution in [3.63, 3.8) is 0 Å². The second kappa shape index (κ2) is 7.80. The van der Waals surface area contributed by atoms with Crippen molar-refractivity contribution < 1.29 is 14.4 Å². The van der Waals surface area contributed by atoms with Crippen LogP contribution >= 0.6 is 0 Å². The van der Waals surface area contributed by atoms with Crippen LogP contribution < -0.4 is 10.2 Å². The van der Waals surface area contributed by atoms with Gasteiger partial charge in [-0.2, -0.15) is 0 Å². The summed E-state index contributed by atoms with van der Waals surface area (Å²) in [5, 5.41) is 2.82. The number of imide groups is 1. The van der Waals surface area contributed by atoms with Crippen LogP contribution in [-0.4, -0.2) is 47.2 Å². The van der Waals surface area contributed by atoms with Crippen molar-refractivity contribution in [2.24, 2.45) is 0 Å². The zero-order chi connectivity index (χ0) is 19.5. The third-order valence-corrected chi connectivity index (χ3v) is 5.13. The van der Waals surface area contributed by atoms with E-state index in [0.717, 1.165) is 18.9 Å². The first-order valence-corrected chi connectivity index (χ1v) is 9.59. The van der Waals surface area contributed by atoms with Gasteiger partial charge in [0.1, 0.15) is 5.82 Å². The molecule has 0 aliphatic carbocycles. The van der Waals surface area contributed by atoms with Gasteiger partial charge in [0, 0.05) is 26.1 Å². The number of rotatable bonds is 6. The number of hydrogen-bond acceptors (Lipinski definition) is 5. The number of nitrogens with zero attached hydrogens (tertiary/aromatic N) is 3. The number of amides is 3. The van der Waals surface area contributed by atoms with Crippen molar-refractivity contribution in [3.05, 3.63) is 53.7 Å². The lowest BCUT2D eigenvalue weighted by Crippen LogP contribution is -2.31. The first kappa shape index (κ1) is 18.2. The van der Waals surface area contributed by atoms with E-state index in [0.29, 0.717) is 23.2 Å². The lowest BCUT2D eigenvalue weighted by molar-refractivity contribution is -0.116. The predicted octanol–water partition coefficient (Wildman–Crippen LogP) is 2.70. The maximum absolute atomic E-state index is 12.3. The molecule has 1 N–H and O–H groups in total. The molecule has 0 unspecified atom stereocenters. The Morgan fingerprint density at radius 1 is 1.00 bits per heavy atom. The fraction of sp³-hybridized carbons (Fsp3) is 0.333. The molecule has 0 atom stereocenters. The number of anilines is 2. The summed E-state index contributed by atoms with van der Waals surface area (Å²) in [6, 6.07) is 10.6. The highest BCUT2D eigenvalue weighted by Crippen LogP contribution is 2.23. The van der Waals surface area contributed by atoms with E-state index in [4.69, 9.17) is 0 Å². The first-order chi connectivity index (χ1) is 13.6. The summed E-state index contributed by atoms with van der Waals surface area (Å²) >= 11 is 0. The number of carbonyl (C=O) groups is 3. The molecule has 1 aromatic heterocycles. The molecule has 7 heteroatoms. The zero-order valence-electron chi connectivity index (χ0n) is 15.6. The molecule has 28 heavy (non-hydrogen) atoms. The number of pyridine rings is 1. The van der Waals surface area contributed by atoms with Crippen LogP contribution in [0.15, 0.2) is 42.6 Å². The monoisotopic (exact) mass is 378 g/mol. The molecule has 144 valence electrons. The van der Waals surface area contributed by atoms with E-state index in [-0.39, 0.29) is 30.7 Å². The third kappa shape index (κ3) is 3.60. The van der Waals surface area contributed by atoms with Gasteiger partial charge in [-0.1, -0.05) is 12.1 Å². The standard InChI is InChI=1S/C21H22N4O3/c26-19(23-15-9-10-18(22-14-15)24-11-3-4-12-24)8-5-13-25-20(27)16-6-1-2-7-17(16)21(25)28/h1-2,6-7,9-10,14H,3-5,8,11-13H2,(H,23,26). The molecule has 2 aliphatic rings. The highest BCUT2D eigenvalue weighted by Gasteiger charge is 2.34. The van der Waals surface area contributed by atoms with Crippen molar-refractivity contribution >= 4 is 29.2 Å². The molecular weight excluding hydrogens is 356 g/mol. The Morgan fingerprint density at radius 2 is 1.68 bits per heavy atom. The Balaban J connectivity index is 1.26. The van der Waals surface area contributed by atoms with Gasteiger partial charge in [0.25, 0.3) is 11.8 Å². The minimum absolute atomic E-state index is 0.160. The van der Waals surface area contributed by atoms with Crippen LogP contribution in [0.1, 0.15) is 46.4 Å². The maximum Gasteiger partial charge on any atom is 0.261 e. The predicted molar refractivity (Wildman–Crippen MR) is 105 cm³/mol. The molecule has 1 saturated heterocycles. The van der Waals surface area contributed by atoms with Crippen molar-refractivity contribution in [1.29, 1.82) is 0 Å². The number of hydrogen-bond donors (Lipinski definition) is 1. The Labute approximate surface area is 163 Å². The molecule has 3 amide bonds. The smallest absolute Gasteiger partial charge is 0.261 e. The molecule has 2 aliphatic heterocycles. The van der Waals surface area contributed by atoms with Crippen molar-refractivity contribution in [2.45, 2.75) is 25.7 Å². The first-order valence-electron chi connectivity index (χ1n) is 9.59. The number of carbonyl (C=O) groups excluding carboxylic acids is 3. The van der Waals surface area contributed by atoms with Crippen LogP contribution in [0.3, 0.4) is 0 Å². The molecule has 3 heterocycles. The van der Waals surface area contributed by atoms with Gasteiger partial charge in [-0.3, -0.25) is 19.3 Å². The number of benzene rings is 1. The SMILES string of the molecule is O=C(CCCN1C(=O)c2ccccc2C1=O)Nc1ccc(N2CCCC2)nc1. The van der Waals surface area contributed by atoms with Crippen LogP contribution in [0.4, 0.5) is 11.5 Å². The number of nitrogens with one attached hydrogen (secondary N) is 1. The second-order valence-corrected chi connectivity index (χ2v) is 7.06. The van der Waals surface area contributed by atoms with Crippen LogP contribution in [-0.2, 0) is 4.79 Å². The molecule has 4 rings (SSSR count). The Kier molecular flexibility index (Phi) is 5.06. The normalized spacial score (nSPS) is 15.9. The summed E-state index contributed by atoms with van der Waals surface area (Å²) in [5.74, 6) is 0.193. The van der Waals surface area contributed by atoms with E-state index in [1.54, 1.807) is 30.5 Å². The van der Waals surface area contributed by atoms with Crippen LogP contribution in [0.2, 0.25) is 0 Å². The Hall–Kier alpha value is -3.22. The van der Waals surface area contributed by atoms with Crippen LogP contribution in [0.25, 0.3) is 0 Å². The van der Waals surface area contributed by atoms with E-state index in [9.17, 15) is 14.4 Å². The minimum Gasteiger partial charge on any atom is -0.357 e. The van der Waals surface area contributed by atoms with Gasteiger partial charge in [0.2, 0.25) is 5.91 Å². The quantitative estimate of drug-likeness (QED) is 0.782. The summed E-state index contributed by atoms with van der Waals surface area (Å²) in [6.45, 7) is 2.28. The fourth-order valence-electron chi connectivity index (χ4n) is 3.66. The maximum atomic E-state index is 12.3. The fourth-order valence-corrected chi connectivity index (χ4v) is 3.66. The van der Waals surface area contributed by atoms with E-state index in [2.05, 4.69) is 15.2 Å². The molecule has 1 aromatic carbocycles. The highest BCUT2D eigenvalue weighted by molar-refractivity contribution is 6.21. The van der Waals surface area contributed by atoms with Gasteiger partial charge in [0.05, 0.1) is 23.0 Å². The van der Waals surface area contributed by atoms with E-state index in [1.807, 2.05) is 12.1 Å². The van der Waals surface area contributed by atoms with E-state index >= 15 is 0 Å². The molecular formula is C21H22N4O3. The average molecular weight is 378 g/mol. The van der Waals surface area contributed by atoms with Gasteiger partial charge in [0.15, 0.2) is 0 Å². The van der Waals surface area contributed by atoms with Gasteiger partial charge >= 0.3 is 0 Å². The number of aromatic nitrogens is 1. The Bertz CT molecular complexity index is 869. The van der Waals surface area contributed by atoms with Crippen molar-refractivity contribution in [3.8, 4) is 0 Å². The highest BCUT2D eigenvalue weighted by atomic mass is 16.2. The third-order valence-electron chi connectivity index (χ3n) is 5.13. The van der Waals surface area contributed by atoms with E-state index < -0.39 is 0 Å². The molecule has 0 spiro atoms. The average Bonchev–Trinajstić information content (AvgIpc) is 3.32. The second-order valence-electron chi connectivity index (χ2n) is 7.06. The molecule has 1 fully saturated rings. The molecule has 0 radical (unpaired) electrons. The molecule has 7 nitrogen and oxygen atoms in total.